The fourth-order valence-electron chi connectivity index (χ4n) is 5.33. The standard InChI is InChI=1S/C30H48/c1-3-5-7-11-15-27-19-23-29(24-20-27)17-13-9-10-14-18-30-25-21-28(22-26-30)16-12-8-6-4-2/h9-10,27-30H,3-8,11-12,15-16,19-26H2,1-2H3/b10-9+. The molecule has 2 aliphatic carbocycles. The predicted octanol–water partition coefficient (Wildman–Crippen LogP) is 9.10. The van der Waals surface area contributed by atoms with Gasteiger partial charge in [0.25, 0.3) is 0 Å². The van der Waals surface area contributed by atoms with Gasteiger partial charge in [-0.25, -0.2) is 0 Å². The lowest BCUT2D eigenvalue weighted by Gasteiger charge is -2.25. The van der Waals surface area contributed by atoms with Crippen LogP contribution in [0.2, 0.25) is 0 Å². The quantitative estimate of drug-likeness (QED) is 0.250. The van der Waals surface area contributed by atoms with E-state index < -0.39 is 0 Å². The minimum absolute atomic E-state index is 0.627. The van der Waals surface area contributed by atoms with Gasteiger partial charge < -0.3 is 0 Å². The third kappa shape index (κ3) is 11.3. The molecular weight excluding hydrogens is 360 g/mol. The van der Waals surface area contributed by atoms with Crippen molar-refractivity contribution in [2.45, 2.75) is 129 Å². The average molecular weight is 409 g/mol. The predicted molar refractivity (Wildman–Crippen MR) is 133 cm³/mol. The van der Waals surface area contributed by atoms with E-state index in [9.17, 15) is 0 Å². The molecule has 0 nitrogen and oxygen atoms in total. The molecular formula is C30H48. The molecule has 0 spiro atoms. The summed E-state index contributed by atoms with van der Waals surface area (Å²) in [6.07, 6.45) is 29.0. The summed E-state index contributed by atoms with van der Waals surface area (Å²) >= 11 is 0. The maximum atomic E-state index is 3.49. The molecule has 0 saturated heterocycles. The molecule has 0 unspecified atom stereocenters. The van der Waals surface area contributed by atoms with Crippen LogP contribution in [0.3, 0.4) is 0 Å². The lowest BCUT2D eigenvalue weighted by molar-refractivity contribution is 0.294. The minimum Gasteiger partial charge on any atom is -0.0951 e. The topological polar surface area (TPSA) is 0 Å². The third-order valence-corrected chi connectivity index (χ3v) is 7.45. The summed E-state index contributed by atoms with van der Waals surface area (Å²) in [5.41, 5.74) is 0. The zero-order chi connectivity index (χ0) is 21.3. The fourth-order valence-corrected chi connectivity index (χ4v) is 5.33. The van der Waals surface area contributed by atoms with Gasteiger partial charge in [0.1, 0.15) is 0 Å². The highest BCUT2D eigenvalue weighted by atomic mass is 14.2. The van der Waals surface area contributed by atoms with Crippen molar-refractivity contribution >= 4 is 0 Å². The van der Waals surface area contributed by atoms with Crippen molar-refractivity contribution in [3.63, 3.8) is 0 Å². The van der Waals surface area contributed by atoms with Crippen LogP contribution in [0.4, 0.5) is 0 Å². The van der Waals surface area contributed by atoms with Crippen LogP contribution >= 0.6 is 0 Å². The van der Waals surface area contributed by atoms with Crippen molar-refractivity contribution in [3.05, 3.63) is 12.2 Å². The summed E-state index contributed by atoms with van der Waals surface area (Å²) in [5.74, 6) is 16.7. The second-order valence-electron chi connectivity index (χ2n) is 10.0. The van der Waals surface area contributed by atoms with Gasteiger partial charge in [-0.3, -0.25) is 0 Å². The van der Waals surface area contributed by atoms with Gasteiger partial charge in [-0.05, 0) is 75.4 Å². The van der Waals surface area contributed by atoms with Gasteiger partial charge in [-0.1, -0.05) is 102 Å². The molecule has 0 aliphatic heterocycles. The van der Waals surface area contributed by atoms with Crippen LogP contribution in [-0.2, 0) is 0 Å². The van der Waals surface area contributed by atoms with Crippen molar-refractivity contribution in [1.29, 1.82) is 0 Å². The summed E-state index contributed by atoms with van der Waals surface area (Å²) < 4.78 is 0. The van der Waals surface area contributed by atoms with Crippen LogP contribution in [-0.4, -0.2) is 0 Å². The molecule has 0 aromatic carbocycles. The maximum absolute atomic E-state index is 3.49. The van der Waals surface area contributed by atoms with Crippen molar-refractivity contribution in [1.82, 2.24) is 0 Å². The Bertz CT molecular complexity index is 507. The van der Waals surface area contributed by atoms with Crippen LogP contribution in [0.1, 0.15) is 129 Å². The molecule has 2 rings (SSSR count). The van der Waals surface area contributed by atoms with Crippen LogP contribution in [0, 0.1) is 47.4 Å². The monoisotopic (exact) mass is 408 g/mol. The van der Waals surface area contributed by atoms with E-state index in [4.69, 9.17) is 0 Å². The highest BCUT2D eigenvalue weighted by molar-refractivity contribution is 5.26. The molecule has 0 bridgehead atoms. The second kappa shape index (κ2) is 16.5. The summed E-state index contributed by atoms with van der Waals surface area (Å²) in [5, 5.41) is 0. The summed E-state index contributed by atoms with van der Waals surface area (Å²) in [7, 11) is 0. The maximum Gasteiger partial charge on any atom is 0.0206 e. The molecule has 0 aromatic heterocycles. The molecule has 0 amide bonds. The Labute approximate surface area is 189 Å². The number of allylic oxidation sites excluding steroid dienone is 2. The number of hydrogen-bond donors (Lipinski definition) is 0. The van der Waals surface area contributed by atoms with Crippen molar-refractivity contribution < 1.29 is 0 Å². The van der Waals surface area contributed by atoms with Gasteiger partial charge in [0.15, 0.2) is 0 Å². The number of unbranched alkanes of at least 4 members (excludes halogenated alkanes) is 6. The first-order valence-corrected chi connectivity index (χ1v) is 13.5. The van der Waals surface area contributed by atoms with E-state index in [-0.39, 0.29) is 0 Å². The Morgan fingerprint density at radius 1 is 0.533 bits per heavy atom. The van der Waals surface area contributed by atoms with Crippen molar-refractivity contribution in [2.75, 3.05) is 0 Å². The van der Waals surface area contributed by atoms with Gasteiger partial charge in [0.2, 0.25) is 0 Å². The van der Waals surface area contributed by atoms with E-state index in [0.29, 0.717) is 11.8 Å². The first kappa shape index (κ1) is 25.1. The highest BCUT2D eigenvalue weighted by Crippen LogP contribution is 2.32. The van der Waals surface area contributed by atoms with Crippen molar-refractivity contribution in [2.24, 2.45) is 23.7 Å². The van der Waals surface area contributed by atoms with E-state index in [1.807, 2.05) is 12.2 Å². The first-order chi connectivity index (χ1) is 14.8. The van der Waals surface area contributed by atoms with E-state index >= 15 is 0 Å². The van der Waals surface area contributed by atoms with E-state index in [2.05, 4.69) is 37.5 Å². The molecule has 0 radical (unpaired) electrons. The second-order valence-corrected chi connectivity index (χ2v) is 10.0. The van der Waals surface area contributed by atoms with Gasteiger partial charge in [0, 0.05) is 11.8 Å². The van der Waals surface area contributed by atoms with Gasteiger partial charge in [-0.2, -0.15) is 0 Å². The fraction of sp³-hybridized carbons (Fsp3) is 0.800. The summed E-state index contributed by atoms with van der Waals surface area (Å²) in [6, 6.07) is 0. The molecule has 2 aliphatic rings. The van der Waals surface area contributed by atoms with Crippen LogP contribution in [0.25, 0.3) is 0 Å². The lowest BCUT2D eigenvalue weighted by atomic mass is 9.80. The zero-order valence-corrected chi connectivity index (χ0v) is 20.2. The molecule has 0 heterocycles. The molecule has 0 atom stereocenters. The molecule has 30 heavy (non-hydrogen) atoms. The molecule has 0 N–H and O–H groups in total. The Balaban J connectivity index is 1.55. The zero-order valence-electron chi connectivity index (χ0n) is 20.2. The Kier molecular flexibility index (Phi) is 13.9. The van der Waals surface area contributed by atoms with Crippen LogP contribution in [0.15, 0.2) is 12.2 Å². The smallest absolute Gasteiger partial charge is 0.0206 e. The number of rotatable bonds is 10. The molecule has 0 heteroatoms. The molecule has 2 fully saturated rings. The lowest BCUT2D eigenvalue weighted by Crippen LogP contribution is -2.13. The molecule has 168 valence electrons. The van der Waals surface area contributed by atoms with Crippen LogP contribution < -0.4 is 0 Å². The SMILES string of the molecule is CCCCCCC1CCC(C#C/C=C/C#CC2CCC(CCCCCC)CC2)CC1. The Morgan fingerprint density at radius 2 is 0.933 bits per heavy atom. The molecule has 2 saturated carbocycles. The van der Waals surface area contributed by atoms with E-state index in [1.54, 1.807) is 0 Å². The van der Waals surface area contributed by atoms with Gasteiger partial charge >= 0.3 is 0 Å². The van der Waals surface area contributed by atoms with E-state index in [1.165, 1.54) is 116 Å². The Hall–Kier alpha value is -1.14. The normalized spacial score (nSPS) is 26.6. The average Bonchev–Trinajstić information content (AvgIpc) is 2.78. The largest absolute Gasteiger partial charge is 0.0951 e. The van der Waals surface area contributed by atoms with Crippen LogP contribution in [0.5, 0.6) is 0 Å². The van der Waals surface area contributed by atoms with Gasteiger partial charge in [-0.15, -0.1) is 0 Å². The van der Waals surface area contributed by atoms with Gasteiger partial charge in [0.05, 0.1) is 0 Å². The first-order valence-electron chi connectivity index (χ1n) is 13.5. The molecule has 0 aromatic rings. The summed E-state index contributed by atoms with van der Waals surface area (Å²) in [4.78, 5) is 0. The minimum atomic E-state index is 0.627. The number of hydrogen-bond acceptors (Lipinski definition) is 0. The highest BCUT2D eigenvalue weighted by Gasteiger charge is 2.20. The van der Waals surface area contributed by atoms with E-state index in [0.717, 1.165) is 11.8 Å². The Morgan fingerprint density at radius 3 is 1.30 bits per heavy atom. The van der Waals surface area contributed by atoms with Crippen molar-refractivity contribution in [3.8, 4) is 23.7 Å². The summed E-state index contributed by atoms with van der Waals surface area (Å²) in [6.45, 7) is 4.59. The third-order valence-electron chi connectivity index (χ3n) is 7.45.